The van der Waals surface area contributed by atoms with E-state index in [1.165, 1.54) is 12.1 Å². The van der Waals surface area contributed by atoms with Crippen molar-refractivity contribution in [2.75, 3.05) is 24.6 Å². The predicted octanol–water partition coefficient (Wildman–Crippen LogP) is 4.79. The third-order valence-electron chi connectivity index (χ3n) is 6.51. The maximum absolute atomic E-state index is 12.8. The van der Waals surface area contributed by atoms with Crippen LogP contribution in [0.3, 0.4) is 0 Å². The number of aromatic amines is 1. The zero-order valence-electron chi connectivity index (χ0n) is 18.7. The van der Waals surface area contributed by atoms with Gasteiger partial charge in [-0.2, -0.15) is 13.2 Å². The summed E-state index contributed by atoms with van der Waals surface area (Å²) in [6.45, 7) is 4.27. The number of aromatic nitrogens is 2. The second-order valence-corrected chi connectivity index (χ2v) is 8.76. The third kappa shape index (κ3) is 4.40. The van der Waals surface area contributed by atoms with Gasteiger partial charge in [0.15, 0.2) is 6.61 Å². The fourth-order valence-electron chi connectivity index (χ4n) is 4.67. The Morgan fingerprint density at radius 3 is 2.50 bits per heavy atom. The molecule has 0 unspecified atom stereocenters. The van der Waals surface area contributed by atoms with Gasteiger partial charge in [0.25, 0.3) is 5.91 Å². The minimum atomic E-state index is -4.36. The molecule has 1 N–H and O–H groups in total. The lowest BCUT2D eigenvalue weighted by atomic mass is 10.0. The fraction of sp³-hybridized carbons (Fsp3) is 0.360. The lowest BCUT2D eigenvalue weighted by Gasteiger charge is -2.40. The third-order valence-corrected chi connectivity index (χ3v) is 6.51. The van der Waals surface area contributed by atoms with Gasteiger partial charge >= 0.3 is 6.18 Å². The number of imidazole rings is 1. The fourth-order valence-corrected chi connectivity index (χ4v) is 4.67. The molecular formula is C25H25F3N4O2. The number of carbonyl (C=O) groups excluding carboxylic acids is 1. The zero-order valence-corrected chi connectivity index (χ0v) is 18.7. The zero-order chi connectivity index (χ0) is 23.9. The second kappa shape index (κ2) is 8.79. The van der Waals surface area contributed by atoms with E-state index in [4.69, 9.17) is 4.74 Å². The number of amides is 1. The van der Waals surface area contributed by atoms with E-state index in [0.29, 0.717) is 17.9 Å². The first-order valence-corrected chi connectivity index (χ1v) is 11.3. The molecular weight excluding hydrogens is 445 g/mol. The van der Waals surface area contributed by atoms with Gasteiger partial charge in [-0.15, -0.1) is 0 Å². The molecule has 1 saturated heterocycles. The van der Waals surface area contributed by atoms with Crippen LogP contribution in [0.5, 0.6) is 5.75 Å². The smallest absolute Gasteiger partial charge is 0.416 e. The Bertz CT molecular complexity index is 1180. The molecule has 1 fully saturated rings. The molecule has 5 rings (SSSR count). The summed E-state index contributed by atoms with van der Waals surface area (Å²) >= 11 is 0. The van der Waals surface area contributed by atoms with Gasteiger partial charge in [0.2, 0.25) is 0 Å². The van der Waals surface area contributed by atoms with Crippen LogP contribution in [0.15, 0.2) is 48.5 Å². The number of H-pyrrole nitrogens is 1. The van der Waals surface area contributed by atoms with Crippen molar-refractivity contribution in [2.24, 2.45) is 0 Å². The Kier molecular flexibility index (Phi) is 5.81. The van der Waals surface area contributed by atoms with Gasteiger partial charge in [-0.05, 0) is 44.0 Å². The molecule has 0 spiro atoms. The van der Waals surface area contributed by atoms with Gasteiger partial charge in [-0.25, -0.2) is 4.98 Å². The van der Waals surface area contributed by atoms with Crippen LogP contribution in [0.4, 0.5) is 18.9 Å². The van der Waals surface area contributed by atoms with Crippen LogP contribution < -0.4 is 9.64 Å². The summed E-state index contributed by atoms with van der Waals surface area (Å²) in [7, 11) is 0. The Morgan fingerprint density at radius 2 is 1.79 bits per heavy atom. The van der Waals surface area contributed by atoms with E-state index in [2.05, 4.69) is 14.9 Å². The summed E-state index contributed by atoms with van der Waals surface area (Å²) in [5, 5.41) is 0. The average Bonchev–Trinajstić information content (AvgIpc) is 3.19. The molecule has 34 heavy (non-hydrogen) atoms. The predicted molar refractivity (Wildman–Crippen MR) is 121 cm³/mol. The molecule has 178 valence electrons. The molecule has 3 heterocycles. The summed E-state index contributed by atoms with van der Waals surface area (Å²) in [6.07, 6.45) is -2.67. The van der Waals surface area contributed by atoms with Crippen LogP contribution >= 0.6 is 0 Å². The first kappa shape index (κ1) is 22.5. The minimum absolute atomic E-state index is 0.0125. The maximum Gasteiger partial charge on any atom is 0.416 e. The highest BCUT2D eigenvalue weighted by atomic mass is 19.4. The number of piperidine rings is 1. The number of fused-ring (bicyclic) bond motifs is 1. The molecule has 0 aliphatic carbocycles. The normalized spacial score (nSPS) is 17.5. The highest BCUT2D eigenvalue weighted by Gasteiger charge is 2.34. The molecule has 2 aliphatic rings. The number of nitrogens with zero attached hydrogens (tertiary/aromatic N) is 3. The number of para-hydroxylation sites is 2. The van der Waals surface area contributed by atoms with Crippen LogP contribution in [0.2, 0.25) is 0 Å². The van der Waals surface area contributed by atoms with Gasteiger partial charge in [-0.3, -0.25) is 9.69 Å². The average molecular weight is 470 g/mol. The number of likely N-dealkylation sites (tertiary alicyclic amines) is 1. The first-order chi connectivity index (χ1) is 16.3. The van der Waals surface area contributed by atoms with Crippen LogP contribution in [-0.4, -0.2) is 46.5 Å². The summed E-state index contributed by atoms with van der Waals surface area (Å²) < 4.78 is 44.1. The molecule has 2 aliphatic heterocycles. The second-order valence-electron chi connectivity index (χ2n) is 8.76. The lowest BCUT2D eigenvalue weighted by Crippen LogP contribution is -2.50. The molecule has 0 atom stereocenters. The number of benzene rings is 2. The van der Waals surface area contributed by atoms with E-state index in [0.717, 1.165) is 60.9 Å². The van der Waals surface area contributed by atoms with Crippen molar-refractivity contribution < 1.29 is 22.7 Å². The molecule has 0 bridgehead atoms. The molecule has 6 nitrogen and oxygen atoms in total. The molecule has 1 aromatic heterocycles. The molecule has 0 saturated carbocycles. The number of rotatable bonds is 4. The number of carbonyl (C=O) groups is 1. The molecule has 2 aromatic carbocycles. The molecule has 0 radical (unpaired) electrons. The SMILES string of the molecule is Cc1[nH]c(-c2ccc(C(F)(F)F)cc2)nc1CN1CCC(N2C(=O)COc3ccccc32)CC1. The lowest BCUT2D eigenvalue weighted by molar-refractivity contribution is -0.137. The Labute approximate surface area is 195 Å². The highest BCUT2D eigenvalue weighted by molar-refractivity contribution is 5.98. The largest absolute Gasteiger partial charge is 0.482 e. The highest BCUT2D eigenvalue weighted by Crippen LogP contribution is 2.35. The number of aryl methyl sites for hydroxylation is 1. The Hall–Kier alpha value is -3.33. The number of hydrogen-bond acceptors (Lipinski definition) is 4. The van der Waals surface area contributed by atoms with Crippen LogP contribution in [0, 0.1) is 6.92 Å². The number of halogens is 3. The van der Waals surface area contributed by atoms with E-state index < -0.39 is 11.7 Å². The van der Waals surface area contributed by atoms with Gasteiger partial charge in [0.05, 0.1) is 16.9 Å². The van der Waals surface area contributed by atoms with E-state index in [-0.39, 0.29) is 18.6 Å². The van der Waals surface area contributed by atoms with Crippen molar-refractivity contribution in [3.05, 3.63) is 65.5 Å². The summed E-state index contributed by atoms with van der Waals surface area (Å²) in [5.41, 5.74) is 2.55. The van der Waals surface area contributed by atoms with E-state index in [1.807, 2.05) is 36.1 Å². The topological polar surface area (TPSA) is 61.5 Å². The summed E-state index contributed by atoms with van der Waals surface area (Å²) in [6, 6.07) is 12.8. The Balaban J connectivity index is 1.24. The van der Waals surface area contributed by atoms with E-state index >= 15 is 0 Å². The quantitative estimate of drug-likeness (QED) is 0.596. The van der Waals surface area contributed by atoms with Crippen molar-refractivity contribution in [1.29, 1.82) is 0 Å². The van der Waals surface area contributed by atoms with Crippen LogP contribution in [0.25, 0.3) is 11.4 Å². The number of nitrogens with one attached hydrogen (secondary N) is 1. The van der Waals surface area contributed by atoms with Gasteiger partial charge in [0.1, 0.15) is 11.6 Å². The molecule has 3 aromatic rings. The van der Waals surface area contributed by atoms with Crippen molar-refractivity contribution in [3.8, 4) is 17.1 Å². The van der Waals surface area contributed by atoms with E-state index in [9.17, 15) is 18.0 Å². The first-order valence-electron chi connectivity index (χ1n) is 11.3. The monoisotopic (exact) mass is 470 g/mol. The molecule has 1 amide bonds. The van der Waals surface area contributed by atoms with Crippen LogP contribution in [-0.2, 0) is 17.5 Å². The molecule has 9 heteroatoms. The number of anilines is 1. The van der Waals surface area contributed by atoms with Gasteiger partial charge < -0.3 is 14.6 Å². The Morgan fingerprint density at radius 1 is 1.09 bits per heavy atom. The summed E-state index contributed by atoms with van der Waals surface area (Å²) in [5.74, 6) is 1.29. The van der Waals surface area contributed by atoms with Crippen LogP contribution in [0.1, 0.15) is 29.8 Å². The van der Waals surface area contributed by atoms with Gasteiger partial charge in [-0.1, -0.05) is 24.3 Å². The summed E-state index contributed by atoms with van der Waals surface area (Å²) in [4.78, 5) is 24.6. The number of hydrogen-bond donors (Lipinski definition) is 1. The standard InChI is InChI=1S/C25H25F3N4O2/c1-16-20(30-24(29-16)17-6-8-18(9-7-17)25(26,27)28)14-31-12-10-19(11-13-31)32-21-4-2-3-5-22(21)34-15-23(32)33/h2-9,19H,10-15H2,1H3,(H,29,30). The van der Waals surface area contributed by atoms with Gasteiger partial charge in [0, 0.05) is 36.9 Å². The van der Waals surface area contributed by atoms with Crippen molar-refractivity contribution in [3.63, 3.8) is 0 Å². The van der Waals surface area contributed by atoms with Crippen molar-refractivity contribution >= 4 is 11.6 Å². The van der Waals surface area contributed by atoms with Crippen molar-refractivity contribution in [2.45, 2.75) is 38.5 Å². The minimum Gasteiger partial charge on any atom is -0.482 e. The van der Waals surface area contributed by atoms with Crippen molar-refractivity contribution in [1.82, 2.24) is 14.9 Å². The number of alkyl halides is 3. The number of ether oxygens (including phenoxy) is 1. The maximum atomic E-state index is 12.8. The van der Waals surface area contributed by atoms with E-state index in [1.54, 1.807) is 0 Å².